The van der Waals surface area contributed by atoms with Gasteiger partial charge in [0.05, 0.1) is 37.7 Å². The molecule has 0 bridgehead atoms. The van der Waals surface area contributed by atoms with Crippen LogP contribution in [0.2, 0.25) is 0 Å². The number of anilines is 1. The number of nitrogens with one attached hydrogen (secondary N) is 1. The molecule has 0 unspecified atom stereocenters. The Bertz CT molecular complexity index is 1310. The number of ether oxygens (including phenoxy) is 2. The van der Waals surface area contributed by atoms with Crippen molar-refractivity contribution in [1.82, 2.24) is 24.7 Å². The van der Waals surface area contributed by atoms with Crippen LogP contribution >= 0.6 is 0 Å². The summed E-state index contributed by atoms with van der Waals surface area (Å²) in [7, 11) is 1.64. The topological polar surface area (TPSA) is 104 Å². The molecule has 0 radical (unpaired) electrons. The van der Waals surface area contributed by atoms with Crippen LogP contribution in [0.4, 0.5) is 5.69 Å². The molecule has 0 aromatic carbocycles. The molecule has 0 aliphatic heterocycles. The van der Waals surface area contributed by atoms with E-state index < -0.39 is 0 Å². The molecule has 1 amide bonds. The van der Waals surface area contributed by atoms with E-state index in [1.54, 1.807) is 30.3 Å². The fourth-order valence-corrected chi connectivity index (χ4v) is 3.68. The van der Waals surface area contributed by atoms with E-state index in [4.69, 9.17) is 9.47 Å². The van der Waals surface area contributed by atoms with E-state index in [0.29, 0.717) is 55.6 Å². The van der Waals surface area contributed by atoms with Crippen LogP contribution in [0.1, 0.15) is 33.0 Å². The van der Waals surface area contributed by atoms with Crippen LogP contribution in [0.3, 0.4) is 0 Å². The summed E-state index contributed by atoms with van der Waals surface area (Å²) in [6, 6.07) is 13.1. The molecule has 0 saturated carbocycles. The average Bonchev–Trinajstić information content (AvgIpc) is 3.29. The number of rotatable bonds is 11. The molecule has 4 rings (SSSR count). The van der Waals surface area contributed by atoms with Gasteiger partial charge >= 0.3 is 0 Å². The van der Waals surface area contributed by atoms with Crippen LogP contribution in [-0.4, -0.2) is 57.6 Å². The van der Waals surface area contributed by atoms with Gasteiger partial charge in [-0.1, -0.05) is 12.1 Å². The van der Waals surface area contributed by atoms with E-state index in [9.17, 15) is 4.79 Å². The van der Waals surface area contributed by atoms with Gasteiger partial charge in [-0.05, 0) is 55.3 Å². The molecule has 0 fully saturated rings. The second-order valence-corrected chi connectivity index (χ2v) is 8.37. The summed E-state index contributed by atoms with van der Waals surface area (Å²) in [6.45, 7) is 6.03. The SMILES string of the molecule is COCCOCCn1cc(NC(=O)c2cccc(Cc3cc(C)ncc3C)n2)c(-c2ccccn2)n1. The lowest BCUT2D eigenvalue weighted by atomic mass is 10.0. The molecule has 0 aliphatic carbocycles. The van der Waals surface area contributed by atoms with Gasteiger partial charge < -0.3 is 14.8 Å². The third-order valence-corrected chi connectivity index (χ3v) is 5.58. The number of methoxy groups -OCH3 is 1. The number of hydrogen-bond donors (Lipinski definition) is 1. The van der Waals surface area contributed by atoms with Crippen molar-refractivity contribution in [2.75, 3.05) is 32.2 Å². The first-order chi connectivity index (χ1) is 17.5. The molecular formula is C27H30N6O3. The van der Waals surface area contributed by atoms with Gasteiger partial charge in [-0.2, -0.15) is 5.10 Å². The maximum absolute atomic E-state index is 13.2. The summed E-state index contributed by atoms with van der Waals surface area (Å²) in [4.78, 5) is 26.5. The number of amides is 1. The quantitative estimate of drug-likeness (QED) is 0.321. The highest BCUT2D eigenvalue weighted by atomic mass is 16.5. The van der Waals surface area contributed by atoms with Gasteiger partial charge in [0.25, 0.3) is 5.91 Å². The third-order valence-electron chi connectivity index (χ3n) is 5.58. The maximum atomic E-state index is 13.2. The van der Waals surface area contributed by atoms with Crippen molar-refractivity contribution < 1.29 is 14.3 Å². The van der Waals surface area contributed by atoms with Crippen LogP contribution in [-0.2, 0) is 22.4 Å². The van der Waals surface area contributed by atoms with Gasteiger partial charge in [0.15, 0.2) is 0 Å². The largest absolute Gasteiger partial charge is 0.382 e. The molecule has 0 saturated heterocycles. The zero-order valence-corrected chi connectivity index (χ0v) is 20.8. The molecule has 0 aliphatic rings. The van der Waals surface area contributed by atoms with Gasteiger partial charge in [-0.15, -0.1) is 0 Å². The fraction of sp³-hybridized carbons (Fsp3) is 0.296. The van der Waals surface area contributed by atoms with Gasteiger partial charge in [-0.25, -0.2) is 4.98 Å². The predicted octanol–water partition coefficient (Wildman–Crippen LogP) is 3.86. The van der Waals surface area contributed by atoms with Crippen LogP contribution < -0.4 is 5.32 Å². The van der Waals surface area contributed by atoms with Crippen molar-refractivity contribution in [3.8, 4) is 11.4 Å². The Morgan fingerprint density at radius 3 is 2.75 bits per heavy atom. The second-order valence-electron chi connectivity index (χ2n) is 8.37. The average molecular weight is 487 g/mol. The third kappa shape index (κ3) is 6.59. The van der Waals surface area contributed by atoms with Crippen LogP contribution in [0, 0.1) is 13.8 Å². The Labute approximate surface area is 210 Å². The van der Waals surface area contributed by atoms with E-state index in [1.165, 1.54) is 0 Å². The van der Waals surface area contributed by atoms with E-state index >= 15 is 0 Å². The number of hydrogen-bond acceptors (Lipinski definition) is 7. The Morgan fingerprint density at radius 2 is 1.94 bits per heavy atom. The summed E-state index contributed by atoms with van der Waals surface area (Å²) in [5.74, 6) is -0.312. The van der Waals surface area contributed by atoms with Gasteiger partial charge in [0.2, 0.25) is 0 Å². The number of pyridine rings is 3. The first kappa shape index (κ1) is 25.2. The van der Waals surface area contributed by atoms with Gasteiger partial charge in [-0.3, -0.25) is 19.4 Å². The molecule has 4 heterocycles. The van der Waals surface area contributed by atoms with E-state index in [1.807, 2.05) is 50.4 Å². The smallest absolute Gasteiger partial charge is 0.274 e. The number of carbonyl (C=O) groups is 1. The highest BCUT2D eigenvalue weighted by molar-refractivity contribution is 6.04. The molecule has 4 aromatic rings. The molecule has 4 aromatic heterocycles. The zero-order valence-electron chi connectivity index (χ0n) is 20.8. The molecule has 9 nitrogen and oxygen atoms in total. The minimum Gasteiger partial charge on any atom is -0.382 e. The molecule has 9 heteroatoms. The van der Waals surface area contributed by atoms with Crippen molar-refractivity contribution in [2.24, 2.45) is 0 Å². The van der Waals surface area contributed by atoms with Crippen LogP contribution in [0.5, 0.6) is 0 Å². The maximum Gasteiger partial charge on any atom is 0.274 e. The first-order valence-corrected chi connectivity index (χ1v) is 11.8. The van der Waals surface area contributed by atoms with Crippen molar-refractivity contribution >= 4 is 11.6 Å². The predicted molar refractivity (Wildman–Crippen MR) is 137 cm³/mol. The Morgan fingerprint density at radius 1 is 1.06 bits per heavy atom. The Kier molecular flexibility index (Phi) is 8.48. The van der Waals surface area contributed by atoms with Gasteiger partial charge in [0.1, 0.15) is 11.4 Å². The van der Waals surface area contributed by atoms with Crippen molar-refractivity contribution in [3.63, 3.8) is 0 Å². The number of nitrogens with zero attached hydrogens (tertiary/aromatic N) is 5. The zero-order chi connectivity index (χ0) is 25.3. The lowest BCUT2D eigenvalue weighted by molar-refractivity contribution is 0.0654. The van der Waals surface area contributed by atoms with Crippen LogP contribution in [0.25, 0.3) is 11.4 Å². The highest BCUT2D eigenvalue weighted by Crippen LogP contribution is 2.25. The van der Waals surface area contributed by atoms with Crippen molar-refractivity contribution in [3.05, 3.63) is 89.3 Å². The van der Waals surface area contributed by atoms with E-state index in [-0.39, 0.29) is 5.91 Å². The number of carbonyl (C=O) groups excluding carboxylic acids is 1. The number of aryl methyl sites for hydroxylation is 2. The monoisotopic (exact) mass is 486 g/mol. The molecule has 36 heavy (non-hydrogen) atoms. The Balaban J connectivity index is 1.52. The summed E-state index contributed by atoms with van der Waals surface area (Å²) in [5, 5.41) is 7.61. The first-order valence-electron chi connectivity index (χ1n) is 11.8. The standard InChI is InChI=1S/C27H30N6O3/c1-19-17-29-20(2)15-21(19)16-22-7-6-9-24(30-22)27(34)31-25-18-33(11-12-36-14-13-35-3)32-26(25)23-8-4-5-10-28-23/h4-10,15,17-18H,11-14,16H2,1-3H3,(H,31,34). The summed E-state index contributed by atoms with van der Waals surface area (Å²) < 4.78 is 12.3. The molecule has 1 N–H and O–H groups in total. The second kappa shape index (κ2) is 12.1. The Hall–Kier alpha value is -3.95. The highest BCUT2D eigenvalue weighted by Gasteiger charge is 2.17. The minimum absolute atomic E-state index is 0.312. The number of aromatic nitrogens is 5. The van der Waals surface area contributed by atoms with Gasteiger partial charge in [0, 0.05) is 43.5 Å². The normalized spacial score (nSPS) is 11.0. The van der Waals surface area contributed by atoms with E-state index in [2.05, 4.69) is 31.4 Å². The summed E-state index contributed by atoms with van der Waals surface area (Å²) in [6.07, 6.45) is 5.97. The molecule has 186 valence electrons. The van der Waals surface area contributed by atoms with Crippen molar-refractivity contribution in [1.29, 1.82) is 0 Å². The lowest BCUT2D eigenvalue weighted by Gasteiger charge is -2.08. The fourth-order valence-electron chi connectivity index (χ4n) is 3.68. The molecule has 0 atom stereocenters. The molecule has 0 spiro atoms. The minimum atomic E-state index is -0.312. The van der Waals surface area contributed by atoms with Crippen LogP contribution in [0.15, 0.2) is 61.1 Å². The molecular weight excluding hydrogens is 456 g/mol. The summed E-state index contributed by atoms with van der Waals surface area (Å²) in [5.41, 5.74) is 6.13. The van der Waals surface area contributed by atoms with Crippen molar-refractivity contribution in [2.45, 2.75) is 26.8 Å². The summed E-state index contributed by atoms with van der Waals surface area (Å²) >= 11 is 0. The van der Waals surface area contributed by atoms with E-state index in [0.717, 1.165) is 22.5 Å². The lowest BCUT2D eigenvalue weighted by Crippen LogP contribution is -2.15.